The van der Waals surface area contributed by atoms with E-state index in [1.54, 1.807) is 41.5 Å². The van der Waals surface area contributed by atoms with Gasteiger partial charge in [-0.3, -0.25) is 10.1 Å². The molecule has 0 fully saturated rings. The summed E-state index contributed by atoms with van der Waals surface area (Å²) in [6, 6.07) is 2.26. The molecule has 1 aromatic rings. The summed E-state index contributed by atoms with van der Waals surface area (Å²) in [6.07, 6.45) is -1.75. The van der Waals surface area contributed by atoms with Gasteiger partial charge in [0.15, 0.2) is 0 Å². The van der Waals surface area contributed by atoms with Crippen LogP contribution in [0.1, 0.15) is 41.5 Å². The van der Waals surface area contributed by atoms with Gasteiger partial charge in [0.1, 0.15) is 11.2 Å². The van der Waals surface area contributed by atoms with E-state index < -0.39 is 54.7 Å². The van der Waals surface area contributed by atoms with Crippen molar-refractivity contribution in [2.24, 2.45) is 0 Å². The zero-order valence-corrected chi connectivity index (χ0v) is 22.6. The molecule has 210 valence electrons. The highest BCUT2D eigenvalue weighted by Crippen LogP contribution is 2.20. The summed E-state index contributed by atoms with van der Waals surface area (Å²) in [7, 11) is -4.10. The largest absolute Gasteiger partial charge is 0.443 e. The van der Waals surface area contributed by atoms with E-state index >= 15 is 0 Å². The summed E-state index contributed by atoms with van der Waals surface area (Å²) < 4.78 is 61.3. The van der Waals surface area contributed by atoms with Crippen molar-refractivity contribution in [3.05, 3.63) is 34.1 Å². The number of imide groups is 1. The Bertz CT molecular complexity index is 1020. The van der Waals surface area contributed by atoms with Crippen molar-refractivity contribution < 1.29 is 46.3 Å². The van der Waals surface area contributed by atoms with Crippen molar-refractivity contribution in [1.29, 1.82) is 0 Å². The molecular weight excluding hydrogens is 517 g/mol. The van der Waals surface area contributed by atoms with Crippen LogP contribution in [0.25, 0.3) is 0 Å². The van der Waals surface area contributed by atoms with Crippen molar-refractivity contribution in [2.45, 2.75) is 57.6 Å². The number of ether oxygens (including phenoxy) is 4. The van der Waals surface area contributed by atoms with Gasteiger partial charge in [0.25, 0.3) is 0 Å². The number of sulfonamides is 1. The third-order valence-electron chi connectivity index (χ3n) is 4.02. The van der Waals surface area contributed by atoms with Crippen LogP contribution in [0.3, 0.4) is 0 Å². The average molecular weight is 552 g/mol. The van der Waals surface area contributed by atoms with Gasteiger partial charge in [0.05, 0.1) is 42.8 Å². The number of carbonyl (C=O) groups excluding carboxylic acids is 2. The number of nitrogens with one attached hydrogen (secondary N) is 1. The molecule has 0 saturated carbocycles. The zero-order valence-electron chi connectivity index (χ0n) is 21.7. The molecule has 0 aliphatic rings. The lowest BCUT2D eigenvalue weighted by Gasteiger charge is -2.28. The second-order valence-corrected chi connectivity index (χ2v) is 11.4. The zero-order chi connectivity index (χ0) is 28.4. The molecule has 0 aliphatic carbocycles. The minimum absolute atomic E-state index is 0.0276. The monoisotopic (exact) mass is 551 g/mol. The minimum Gasteiger partial charge on any atom is -0.443 e. The van der Waals surface area contributed by atoms with Crippen LogP contribution in [0.15, 0.2) is 23.1 Å². The van der Waals surface area contributed by atoms with Crippen molar-refractivity contribution in [3.8, 4) is 0 Å². The first-order valence-corrected chi connectivity index (χ1v) is 12.7. The minimum atomic E-state index is -4.10. The standard InChI is InChI=1S/C22H34FN3O10S/c1-21(2,3)35-19(27)25(20(28)36-22(4,5)6)10-12-34-14-13-33-11-9-24-37(31,32)16-7-8-18(26(29)30)17(23)15-16/h7-8,15,24H,9-14H2,1-6H3. The van der Waals surface area contributed by atoms with Gasteiger partial charge in [0, 0.05) is 18.7 Å². The van der Waals surface area contributed by atoms with Gasteiger partial charge < -0.3 is 18.9 Å². The smallest absolute Gasteiger partial charge is 0.419 e. The molecule has 0 aromatic heterocycles. The molecule has 0 spiro atoms. The predicted molar refractivity (Wildman–Crippen MR) is 129 cm³/mol. The highest BCUT2D eigenvalue weighted by Gasteiger charge is 2.31. The normalized spacial score (nSPS) is 12.2. The number of nitrogens with zero attached hydrogens (tertiary/aromatic N) is 2. The molecule has 0 bridgehead atoms. The van der Waals surface area contributed by atoms with Crippen LogP contribution < -0.4 is 4.72 Å². The van der Waals surface area contributed by atoms with E-state index in [-0.39, 0.29) is 39.5 Å². The summed E-state index contributed by atoms with van der Waals surface area (Å²) in [6.45, 7) is 9.79. The third kappa shape index (κ3) is 12.3. The van der Waals surface area contributed by atoms with Crippen molar-refractivity contribution in [1.82, 2.24) is 9.62 Å². The van der Waals surface area contributed by atoms with Gasteiger partial charge in [-0.15, -0.1) is 0 Å². The molecular formula is C22H34FN3O10S. The number of nitro groups is 1. The number of carbonyl (C=O) groups is 2. The van der Waals surface area contributed by atoms with E-state index in [4.69, 9.17) is 18.9 Å². The Morgan fingerprint density at radius 2 is 1.49 bits per heavy atom. The molecule has 13 nitrogen and oxygen atoms in total. The second kappa shape index (κ2) is 13.6. The number of nitro benzene ring substituents is 1. The second-order valence-electron chi connectivity index (χ2n) is 9.61. The molecule has 0 radical (unpaired) electrons. The first-order chi connectivity index (χ1) is 16.9. The van der Waals surface area contributed by atoms with Crippen LogP contribution in [0.5, 0.6) is 0 Å². The average Bonchev–Trinajstić information content (AvgIpc) is 2.72. The summed E-state index contributed by atoms with van der Waals surface area (Å²) in [4.78, 5) is 34.8. The number of amides is 2. The van der Waals surface area contributed by atoms with Gasteiger partial charge in [-0.05, 0) is 47.6 Å². The Hall–Kier alpha value is -2.88. The van der Waals surface area contributed by atoms with Gasteiger partial charge in [-0.1, -0.05) is 0 Å². The van der Waals surface area contributed by atoms with E-state index in [1.807, 2.05) is 0 Å². The van der Waals surface area contributed by atoms with Gasteiger partial charge in [-0.2, -0.15) is 4.39 Å². The number of benzene rings is 1. The van der Waals surface area contributed by atoms with E-state index in [2.05, 4.69) is 4.72 Å². The Morgan fingerprint density at radius 1 is 0.973 bits per heavy atom. The predicted octanol–water partition coefficient (Wildman–Crippen LogP) is 3.22. The number of rotatable bonds is 12. The van der Waals surface area contributed by atoms with Crippen molar-refractivity contribution in [2.75, 3.05) is 39.5 Å². The molecule has 0 unspecified atom stereocenters. The molecule has 1 aromatic carbocycles. The first-order valence-electron chi connectivity index (χ1n) is 11.3. The van der Waals surface area contributed by atoms with Gasteiger partial charge in [-0.25, -0.2) is 27.6 Å². The van der Waals surface area contributed by atoms with Crippen molar-refractivity contribution >= 4 is 27.9 Å². The van der Waals surface area contributed by atoms with Crippen LogP contribution in [-0.2, 0) is 29.0 Å². The molecule has 0 saturated heterocycles. The maximum absolute atomic E-state index is 13.7. The fourth-order valence-electron chi connectivity index (χ4n) is 2.50. The summed E-state index contributed by atoms with van der Waals surface area (Å²) >= 11 is 0. The Morgan fingerprint density at radius 3 is 1.95 bits per heavy atom. The Balaban J connectivity index is 2.42. The number of hydrogen-bond donors (Lipinski definition) is 1. The lowest BCUT2D eigenvalue weighted by atomic mass is 10.2. The lowest BCUT2D eigenvalue weighted by Crippen LogP contribution is -2.45. The molecule has 1 rings (SSSR count). The quantitative estimate of drug-likeness (QED) is 0.232. The molecule has 2 amide bonds. The van der Waals surface area contributed by atoms with Crippen LogP contribution in [-0.4, -0.2) is 81.1 Å². The summed E-state index contributed by atoms with van der Waals surface area (Å²) in [5.74, 6) is -1.27. The van der Waals surface area contributed by atoms with Crippen LogP contribution in [0.4, 0.5) is 19.7 Å². The third-order valence-corrected chi connectivity index (χ3v) is 5.48. The van der Waals surface area contributed by atoms with Crippen LogP contribution >= 0.6 is 0 Å². The van der Waals surface area contributed by atoms with Crippen molar-refractivity contribution in [3.63, 3.8) is 0 Å². The highest BCUT2D eigenvalue weighted by atomic mass is 32.2. The number of hydrogen-bond acceptors (Lipinski definition) is 10. The Labute approximate surface area is 215 Å². The van der Waals surface area contributed by atoms with Gasteiger partial charge in [0.2, 0.25) is 15.8 Å². The topological polar surface area (TPSA) is 164 Å². The number of halogens is 1. The lowest BCUT2D eigenvalue weighted by molar-refractivity contribution is -0.387. The first kappa shape index (κ1) is 32.1. The van der Waals surface area contributed by atoms with E-state index in [1.165, 1.54) is 0 Å². The molecule has 37 heavy (non-hydrogen) atoms. The fourth-order valence-corrected chi connectivity index (χ4v) is 3.53. The van der Waals surface area contributed by atoms with Crippen LogP contribution in [0.2, 0.25) is 0 Å². The molecule has 15 heteroatoms. The fraction of sp³-hybridized carbons (Fsp3) is 0.636. The SMILES string of the molecule is CC(C)(C)OC(=O)N(CCOCCOCCNS(=O)(=O)c1ccc([N+](=O)[O-])c(F)c1)C(=O)OC(C)(C)C. The van der Waals surface area contributed by atoms with E-state index in [0.717, 1.165) is 17.0 Å². The summed E-state index contributed by atoms with van der Waals surface area (Å²) in [5.41, 5.74) is -2.47. The molecule has 0 atom stereocenters. The maximum Gasteiger partial charge on any atom is 0.419 e. The van der Waals surface area contributed by atoms with E-state index in [0.29, 0.717) is 6.07 Å². The van der Waals surface area contributed by atoms with Gasteiger partial charge >= 0.3 is 17.9 Å². The molecule has 0 heterocycles. The highest BCUT2D eigenvalue weighted by molar-refractivity contribution is 7.89. The molecule has 1 N–H and O–H groups in total. The molecule has 0 aliphatic heterocycles. The van der Waals surface area contributed by atoms with Crippen LogP contribution in [0, 0.1) is 15.9 Å². The maximum atomic E-state index is 13.7. The summed E-state index contributed by atoms with van der Waals surface area (Å²) in [5, 5.41) is 10.6. The van der Waals surface area contributed by atoms with E-state index in [9.17, 15) is 32.5 Å². The Kier molecular flexibility index (Phi) is 11.8.